The first-order chi connectivity index (χ1) is 10.9. The van der Waals surface area contributed by atoms with Crippen LogP contribution in [0.3, 0.4) is 0 Å². The van der Waals surface area contributed by atoms with Gasteiger partial charge in [0.2, 0.25) is 0 Å². The minimum atomic E-state index is -1.84. The van der Waals surface area contributed by atoms with Crippen LogP contribution in [0.1, 0.15) is 28.6 Å². The fourth-order valence-electron chi connectivity index (χ4n) is 2.79. The third-order valence-corrected chi connectivity index (χ3v) is 5.64. The van der Waals surface area contributed by atoms with E-state index in [1.54, 1.807) is 30.3 Å². The first kappa shape index (κ1) is 16.6. The molecule has 0 spiro atoms. The maximum absolute atomic E-state index is 12.7. The summed E-state index contributed by atoms with van der Waals surface area (Å²) in [5.41, 5.74) is -0.752. The lowest BCUT2D eigenvalue weighted by molar-refractivity contribution is -0.135. The normalized spacial score (nSPS) is 20.0. The van der Waals surface area contributed by atoms with Gasteiger partial charge in [0.25, 0.3) is 5.91 Å². The number of halogens is 2. The van der Waals surface area contributed by atoms with Gasteiger partial charge in [-0.2, -0.15) is 0 Å². The Kier molecular flexibility index (Phi) is 4.35. The number of carbonyl (C=O) groups excluding carboxylic acids is 2. The quantitative estimate of drug-likeness (QED) is 0.770. The van der Waals surface area contributed by atoms with E-state index < -0.39 is 11.5 Å². The van der Waals surface area contributed by atoms with Crippen molar-refractivity contribution in [1.82, 2.24) is 0 Å². The van der Waals surface area contributed by atoms with Gasteiger partial charge in [-0.15, -0.1) is 11.3 Å². The number of hydrogen-bond acceptors (Lipinski definition) is 4. The van der Waals surface area contributed by atoms with Crippen LogP contribution in [0.5, 0.6) is 0 Å². The molecule has 7 heteroatoms. The standard InChI is InChI=1S/C16H13BrClNO3S/c1-2-19-11-4-3-9(17)7-10(11)16(22,15(19)21)8-12(20)13-5-6-14(18)23-13/h3-7,22H,2,8H2,1H3/t16-/m1/s1. The van der Waals surface area contributed by atoms with Crippen molar-refractivity contribution in [1.29, 1.82) is 0 Å². The monoisotopic (exact) mass is 413 g/mol. The molecular weight excluding hydrogens is 402 g/mol. The van der Waals surface area contributed by atoms with E-state index in [9.17, 15) is 14.7 Å². The highest BCUT2D eigenvalue weighted by Crippen LogP contribution is 2.44. The molecule has 1 aromatic heterocycles. The van der Waals surface area contributed by atoms with E-state index in [-0.39, 0.29) is 12.2 Å². The van der Waals surface area contributed by atoms with E-state index >= 15 is 0 Å². The molecule has 1 atom stereocenters. The maximum Gasteiger partial charge on any atom is 0.264 e. The number of amides is 1. The molecule has 2 aromatic rings. The molecule has 0 radical (unpaired) electrons. The summed E-state index contributed by atoms with van der Waals surface area (Å²) in [5.74, 6) is -0.772. The molecule has 0 unspecified atom stereocenters. The minimum absolute atomic E-state index is 0.303. The Morgan fingerprint density at radius 3 is 2.74 bits per heavy atom. The largest absolute Gasteiger partial charge is 0.375 e. The molecular formula is C16H13BrClNO3S. The van der Waals surface area contributed by atoms with Crippen LogP contribution in [-0.4, -0.2) is 23.3 Å². The zero-order valence-electron chi connectivity index (χ0n) is 12.2. The van der Waals surface area contributed by atoms with Gasteiger partial charge in [0.1, 0.15) is 0 Å². The van der Waals surface area contributed by atoms with Crippen LogP contribution >= 0.6 is 38.9 Å². The van der Waals surface area contributed by atoms with Crippen LogP contribution in [-0.2, 0) is 10.4 Å². The summed E-state index contributed by atoms with van der Waals surface area (Å²) in [4.78, 5) is 27.1. The van der Waals surface area contributed by atoms with Crippen molar-refractivity contribution in [2.75, 3.05) is 11.4 Å². The van der Waals surface area contributed by atoms with Crippen molar-refractivity contribution in [2.45, 2.75) is 18.9 Å². The third kappa shape index (κ3) is 2.74. The van der Waals surface area contributed by atoms with Crippen LogP contribution in [0.4, 0.5) is 5.69 Å². The average Bonchev–Trinajstić information content (AvgIpc) is 3.02. The summed E-state index contributed by atoms with van der Waals surface area (Å²) >= 11 is 10.3. The zero-order chi connectivity index (χ0) is 16.8. The lowest BCUT2D eigenvalue weighted by atomic mass is 9.89. The number of likely N-dealkylation sites (N-methyl/N-ethyl adjacent to an activating group) is 1. The number of ketones is 1. The Bertz CT molecular complexity index is 806. The molecule has 1 amide bonds. The summed E-state index contributed by atoms with van der Waals surface area (Å²) in [6.45, 7) is 2.26. The van der Waals surface area contributed by atoms with Crippen LogP contribution in [0.25, 0.3) is 0 Å². The molecule has 120 valence electrons. The molecule has 0 aliphatic carbocycles. The van der Waals surface area contributed by atoms with Crippen LogP contribution in [0, 0.1) is 0 Å². The van der Waals surface area contributed by atoms with Gasteiger partial charge in [0.15, 0.2) is 11.4 Å². The highest BCUT2D eigenvalue weighted by molar-refractivity contribution is 9.10. The van der Waals surface area contributed by atoms with E-state index in [2.05, 4.69) is 15.9 Å². The van der Waals surface area contributed by atoms with Crippen LogP contribution in [0.2, 0.25) is 4.34 Å². The number of rotatable bonds is 4. The van der Waals surface area contributed by atoms with E-state index in [0.29, 0.717) is 27.0 Å². The highest BCUT2D eigenvalue weighted by Gasteiger charge is 2.50. The van der Waals surface area contributed by atoms with E-state index in [1.165, 1.54) is 4.90 Å². The highest BCUT2D eigenvalue weighted by atomic mass is 79.9. The molecule has 0 saturated heterocycles. The predicted molar refractivity (Wildman–Crippen MR) is 94.3 cm³/mol. The number of nitrogens with zero attached hydrogens (tertiary/aromatic N) is 1. The first-order valence-electron chi connectivity index (χ1n) is 6.99. The zero-order valence-corrected chi connectivity index (χ0v) is 15.3. The number of benzene rings is 1. The second-order valence-corrected chi connectivity index (χ2v) is 7.91. The number of thiophene rings is 1. The number of anilines is 1. The molecule has 0 saturated carbocycles. The average molecular weight is 415 g/mol. The Morgan fingerprint density at radius 2 is 2.13 bits per heavy atom. The molecule has 1 aliphatic heterocycles. The SMILES string of the molecule is CCN1C(=O)[C@@](O)(CC(=O)c2ccc(Cl)s2)c2cc(Br)ccc21. The summed E-state index contributed by atoms with van der Waals surface area (Å²) in [6.07, 6.45) is -0.303. The topological polar surface area (TPSA) is 57.6 Å². The number of hydrogen-bond donors (Lipinski definition) is 1. The molecule has 3 rings (SSSR count). The molecule has 2 heterocycles. The fourth-order valence-corrected chi connectivity index (χ4v) is 4.13. The minimum Gasteiger partial charge on any atom is -0.375 e. The molecule has 1 aliphatic rings. The smallest absolute Gasteiger partial charge is 0.264 e. The Hall–Kier alpha value is -1.21. The maximum atomic E-state index is 12.7. The predicted octanol–water partition coefficient (Wildman–Crippen LogP) is 3.99. The molecule has 1 aromatic carbocycles. The first-order valence-corrected chi connectivity index (χ1v) is 8.98. The molecule has 4 nitrogen and oxygen atoms in total. The third-order valence-electron chi connectivity index (χ3n) is 3.87. The van der Waals surface area contributed by atoms with Gasteiger partial charge in [-0.25, -0.2) is 0 Å². The van der Waals surface area contributed by atoms with Crippen molar-refractivity contribution in [3.05, 3.63) is 49.6 Å². The number of fused-ring (bicyclic) bond motifs is 1. The van der Waals surface area contributed by atoms with Crippen molar-refractivity contribution in [3.63, 3.8) is 0 Å². The van der Waals surface area contributed by atoms with Crippen molar-refractivity contribution < 1.29 is 14.7 Å². The van der Waals surface area contributed by atoms with Crippen molar-refractivity contribution in [2.24, 2.45) is 0 Å². The second kappa shape index (κ2) is 6.02. The lowest BCUT2D eigenvalue weighted by Gasteiger charge is -2.21. The Morgan fingerprint density at radius 1 is 1.39 bits per heavy atom. The van der Waals surface area contributed by atoms with Gasteiger partial charge in [-0.1, -0.05) is 27.5 Å². The summed E-state index contributed by atoms with van der Waals surface area (Å²) in [6, 6.07) is 8.50. The van der Waals surface area contributed by atoms with Gasteiger partial charge in [0, 0.05) is 16.6 Å². The molecule has 0 bridgehead atoms. The molecule has 1 N–H and O–H groups in total. The lowest BCUT2D eigenvalue weighted by Crippen LogP contribution is -2.41. The van der Waals surface area contributed by atoms with Gasteiger partial charge in [0.05, 0.1) is 21.3 Å². The van der Waals surface area contributed by atoms with Gasteiger partial charge < -0.3 is 10.0 Å². The van der Waals surface area contributed by atoms with E-state index in [0.717, 1.165) is 15.8 Å². The summed E-state index contributed by atoms with van der Waals surface area (Å²) < 4.78 is 1.24. The van der Waals surface area contributed by atoms with Gasteiger partial charge >= 0.3 is 0 Å². The summed E-state index contributed by atoms with van der Waals surface area (Å²) in [5, 5.41) is 11.0. The molecule has 0 fully saturated rings. The van der Waals surface area contributed by atoms with Crippen LogP contribution < -0.4 is 4.90 Å². The van der Waals surface area contributed by atoms with E-state index in [4.69, 9.17) is 11.6 Å². The van der Waals surface area contributed by atoms with Crippen molar-refractivity contribution in [3.8, 4) is 0 Å². The van der Waals surface area contributed by atoms with Gasteiger partial charge in [-0.3, -0.25) is 9.59 Å². The van der Waals surface area contributed by atoms with Gasteiger partial charge in [-0.05, 0) is 37.3 Å². The number of aliphatic hydroxyl groups is 1. The Balaban J connectivity index is 2.02. The van der Waals surface area contributed by atoms with Crippen molar-refractivity contribution >= 4 is 56.2 Å². The Labute approximate surface area is 150 Å². The van der Waals surface area contributed by atoms with E-state index in [1.807, 2.05) is 6.92 Å². The fraction of sp³-hybridized carbons (Fsp3) is 0.250. The number of carbonyl (C=O) groups is 2. The summed E-state index contributed by atoms with van der Waals surface area (Å²) in [7, 11) is 0. The van der Waals surface area contributed by atoms with Crippen LogP contribution in [0.15, 0.2) is 34.8 Å². The molecule has 23 heavy (non-hydrogen) atoms. The second-order valence-electron chi connectivity index (χ2n) is 5.27. The number of Topliss-reactive ketones (excluding diaryl/α,β-unsaturated/α-hetero) is 1.